The van der Waals surface area contributed by atoms with E-state index in [0.717, 1.165) is 5.56 Å². The van der Waals surface area contributed by atoms with E-state index >= 15 is 0 Å². The molecule has 0 N–H and O–H groups in total. The third-order valence-corrected chi connectivity index (χ3v) is 3.54. The Bertz CT molecular complexity index is 365. The molecule has 0 bridgehead atoms. The molecule has 1 aromatic carbocycles. The summed E-state index contributed by atoms with van der Waals surface area (Å²) in [5.41, 5.74) is 1.20. The molecular weight excluding hydrogens is 179 g/mol. The first-order chi connectivity index (χ1) is 6.38. The van der Waals surface area contributed by atoms with Crippen LogP contribution < -0.4 is 0 Å². The lowest BCUT2D eigenvalue weighted by Gasteiger charge is -2.02. The summed E-state index contributed by atoms with van der Waals surface area (Å²) in [4.78, 5) is 0. The summed E-state index contributed by atoms with van der Waals surface area (Å²) < 4.78 is 11.6. The summed E-state index contributed by atoms with van der Waals surface area (Å²) in [7, 11) is -1.25. The van der Waals surface area contributed by atoms with E-state index in [1.54, 1.807) is 5.82 Å². The zero-order chi connectivity index (χ0) is 9.10. The monoisotopic (exact) mass is 189 g/mol. The second kappa shape index (κ2) is 3.68. The van der Waals surface area contributed by atoms with Crippen LogP contribution >= 0.6 is 7.80 Å². The Hall–Kier alpha value is -1.20. The topological polar surface area (TPSA) is 17.1 Å². The van der Waals surface area contributed by atoms with Crippen LogP contribution in [-0.2, 0) is 4.57 Å². The van der Waals surface area contributed by atoms with Gasteiger partial charge < -0.3 is 0 Å². The highest BCUT2D eigenvalue weighted by molar-refractivity contribution is 7.49. The predicted molar refractivity (Wildman–Crippen MR) is 55.1 cm³/mol. The first kappa shape index (κ1) is 8.40. The van der Waals surface area contributed by atoms with Crippen molar-refractivity contribution in [1.29, 1.82) is 0 Å². The summed E-state index contributed by atoms with van der Waals surface area (Å²) in [5, 5.41) is 0. The number of rotatable bonds is 1. The van der Waals surface area contributed by atoms with Gasteiger partial charge in [0.15, 0.2) is 5.82 Å². The molecule has 0 amide bonds. The maximum absolute atomic E-state index is 11.6. The van der Waals surface area contributed by atoms with Gasteiger partial charge in [-0.05, 0) is 12.2 Å². The normalized spacial score (nSPS) is 23.4. The van der Waals surface area contributed by atoms with Gasteiger partial charge >= 0.3 is 7.80 Å². The van der Waals surface area contributed by atoms with Crippen LogP contribution in [0.15, 0.2) is 54.4 Å². The summed E-state index contributed by atoms with van der Waals surface area (Å²) in [6.45, 7) is 0. The molecule has 0 aliphatic carbocycles. The van der Waals surface area contributed by atoms with Crippen LogP contribution in [0.5, 0.6) is 0 Å². The van der Waals surface area contributed by atoms with E-state index in [9.17, 15) is 4.57 Å². The Morgan fingerprint density at radius 3 is 2.54 bits per heavy atom. The number of hydrogen-bond acceptors (Lipinski definition) is 1. The molecule has 0 radical (unpaired) electrons. The maximum Gasteiger partial charge on any atom is 0.381 e. The zero-order valence-corrected chi connectivity index (χ0v) is 8.02. The molecule has 0 saturated carbocycles. The smallest absolute Gasteiger partial charge is 0.0677 e. The van der Waals surface area contributed by atoms with Crippen LogP contribution in [0.4, 0.5) is 0 Å². The van der Waals surface area contributed by atoms with Crippen molar-refractivity contribution in [3.63, 3.8) is 0 Å². The van der Waals surface area contributed by atoms with Crippen molar-refractivity contribution in [2.75, 3.05) is 0 Å². The summed E-state index contributed by atoms with van der Waals surface area (Å²) in [5.74, 6) is 1.77. The molecule has 2 rings (SSSR count). The summed E-state index contributed by atoms with van der Waals surface area (Å²) in [6, 6.07) is 9.96. The first-order valence-corrected chi connectivity index (χ1v) is 5.63. The van der Waals surface area contributed by atoms with Crippen LogP contribution in [0.3, 0.4) is 0 Å². The van der Waals surface area contributed by atoms with Gasteiger partial charge in [-0.2, -0.15) is 0 Å². The zero-order valence-electron chi connectivity index (χ0n) is 7.13. The van der Waals surface area contributed by atoms with Crippen molar-refractivity contribution in [3.8, 4) is 0 Å². The van der Waals surface area contributed by atoms with Gasteiger partial charge in [-0.25, -0.2) is 0 Å². The Kier molecular flexibility index (Phi) is 2.37. The minimum Gasteiger partial charge on any atom is -0.0677 e. The molecule has 1 heterocycles. The first-order valence-electron chi connectivity index (χ1n) is 4.23. The third kappa shape index (κ3) is 1.76. The predicted octanol–water partition coefficient (Wildman–Crippen LogP) is 3.64. The van der Waals surface area contributed by atoms with Gasteiger partial charge in [0, 0.05) is 5.56 Å². The average molecular weight is 189 g/mol. The number of hydrogen-bond donors (Lipinski definition) is 0. The minimum absolute atomic E-state index is 0.0706. The van der Waals surface area contributed by atoms with Crippen LogP contribution in [0.2, 0.25) is 0 Å². The largest absolute Gasteiger partial charge is 0.381 e. The van der Waals surface area contributed by atoms with Crippen LogP contribution in [0, 0.1) is 0 Å². The Morgan fingerprint density at radius 1 is 1.08 bits per heavy atom. The lowest BCUT2D eigenvalue weighted by molar-refractivity contribution is 0.589. The van der Waals surface area contributed by atoms with Gasteiger partial charge in [0.25, 0.3) is 0 Å². The summed E-state index contributed by atoms with van der Waals surface area (Å²) >= 11 is 0. The van der Waals surface area contributed by atoms with Gasteiger partial charge in [-0.15, -0.1) is 0 Å². The fourth-order valence-electron chi connectivity index (χ4n) is 1.39. The second-order valence-electron chi connectivity index (χ2n) is 2.94. The SMILES string of the molecule is O=[P+]1C=CC=CC1c1ccccc1. The van der Waals surface area contributed by atoms with E-state index in [1.807, 2.05) is 48.6 Å². The molecule has 1 aliphatic rings. The van der Waals surface area contributed by atoms with Crippen LogP contribution in [0.1, 0.15) is 11.2 Å². The van der Waals surface area contributed by atoms with E-state index in [1.165, 1.54) is 0 Å². The molecule has 1 nitrogen and oxygen atoms in total. The molecule has 0 spiro atoms. The fourth-order valence-corrected chi connectivity index (χ4v) is 2.58. The van der Waals surface area contributed by atoms with Crippen LogP contribution in [-0.4, -0.2) is 0 Å². The maximum atomic E-state index is 11.6. The van der Waals surface area contributed by atoms with Crippen molar-refractivity contribution in [1.82, 2.24) is 0 Å². The van der Waals surface area contributed by atoms with Gasteiger partial charge in [0.2, 0.25) is 5.66 Å². The second-order valence-corrected chi connectivity index (χ2v) is 4.52. The molecule has 2 heteroatoms. The Labute approximate surface area is 78.6 Å². The van der Waals surface area contributed by atoms with E-state index in [0.29, 0.717) is 0 Å². The van der Waals surface area contributed by atoms with Gasteiger partial charge in [0.1, 0.15) is 0 Å². The highest BCUT2D eigenvalue weighted by atomic mass is 31.1. The molecule has 0 fully saturated rings. The van der Waals surface area contributed by atoms with Crippen molar-refractivity contribution < 1.29 is 4.57 Å². The molecule has 2 unspecified atom stereocenters. The number of benzene rings is 1. The molecular formula is C11H10OP+. The number of allylic oxidation sites excluding steroid dienone is 3. The molecule has 0 saturated heterocycles. The molecule has 13 heavy (non-hydrogen) atoms. The highest BCUT2D eigenvalue weighted by Gasteiger charge is 2.28. The van der Waals surface area contributed by atoms with E-state index in [-0.39, 0.29) is 5.66 Å². The van der Waals surface area contributed by atoms with Gasteiger partial charge in [0.05, 0.1) is 0 Å². The lowest BCUT2D eigenvalue weighted by atomic mass is 10.1. The third-order valence-electron chi connectivity index (χ3n) is 2.05. The Balaban J connectivity index is 2.32. The van der Waals surface area contributed by atoms with Crippen molar-refractivity contribution in [2.45, 2.75) is 5.66 Å². The van der Waals surface area contributed by atoms with E-state index in [4.69, 9.17) is 0 Å². The minimum atomic E-state index is -1.25. The quantitative estimate of drug-likeness (QED) is 0.616. The van der Waals surface area contributed by atoms with Crippen molar-refractivity contribution >= 4 is 7.80 Å². The van der Waals surface area contributed by atoms with E-state index < -0.39 is 7.80 Å². The van der Waals surface area contributed by atoms with E-state index in [2.05, 4.69) is 0 Å². The van der Waals surface area contributed by atoms with Gasteiger partial charge in [-0.3, -0.25) is 0 Å². The van der Waals surface area contributed by atoms with Crippen molar-refractivity contribution in [2.24, 2.45) is 0 Å². The fraction of sp³-hybridized carbons (Fsp3) is 0.0909. The van der Waals surface area contributed by atoms with Crippen LogP contribution in [0.25, 0.3) is 0 Å². The molecule has 1 aromatic rings. The molecule has 0 aromatic heterocycles. The molecule has 2 atom stereocenters. The highest BCUT2D eigenvalue weighted by Crippen LogP contribution is 2.45. The molecule has 1 aliphatic heterocycles. The lowest BCUT2D eigenvalue weighted by Crippen LogP contribution is -1.89. The molecule has 64 valence electrons. The average Bonchev–Trinajstić information content (AvgIpc) is 2.20. The summed E-state index contributed by atoms with van der Waals surface area (Å²) in [6.07, 6.45) is 5.79. The van der Waals surface area contributed by atoms with Gasteiger partial charge in [-0.1, -0.05) is 41.0 Å². The Morgan fingerprint density at radius 2 is 1.85 bits per heavy atom. The standard InChI is InChI=1S/C11H10OP/c12-13-9-5-4-8-11(13)10-6-2-1-3-7-10/h1-9,11H/q+1. The van der Waals surface area contributed by atoms with Crippen molar-refractivity contribution in [3.05, 3.63) is 59.9 Å².